The maximum Gasteiger partial charge on any atom is 0.278 e. The SMILES string of the molecule is C[C@@H]1CN(c2ccc([N+](=O)[O-])c3cccnc23)CCN1. The van der Waals surface area contributed by atoms with E-state index in [4.69, 9.17) is 0 Å². The summed E-state index contributed by atoms with van der Waals surface area (Å²) in [6.45, 7) is 4.80. The molecule has 1 saturated heterocycles. The quantitative estimate of drug-likeness (QED) is 0.668. The Kier molecular flexibility index (Phi) is 3.23. The zero-order chi connectivity index (χ0) is 14.1. The number of nitro groups is 1. The van der Waals surface area contributed by atoms with Crippen molar-refractivity contribution in [3.63, 3.8) is 0 Å². The molecule has 104 valence electrons. The third kappa shape index (κ3) is 2.18. The third-order valence-corrected chi connectivity index (χ3v) is 3.63. The second-order valence-electron chi connectivity index (χ2n) is 5.06. The molecular formula is C14H16N4O2. The van der Waals surface area contributed by atoms with E-state index in [9.17, 15) is 10.1 Å². The Morgan fingerprint density at radius 2 is 2.30 bits per heavy atom. The van der Waals surface area contributed by atoms with Gasteiger partial charge < -0.3 is 10.2 Å². The fourth-order valence-corrected chi connectivity index (χ4v) is 2.71. The van der Waals surface area contributed by atoms with E-state index in [0.717, 1.165) is 25.3 Å². The van der Waals surface area contributed by atoms with Gasteiger partial charge in [-0.2, -0.15) is 0 Å². The van der Waals surface area contributed by atoms with Gasteiger partial charge in [-0.05, 0) is 25.1 Å². The maximum absolute atomic E-state index is 11.1. The number of pyridine rings is 1. The largest absolute Gasteiger partial charge is 0.367 e. The lowest BCUT2D eigenvalue weighted by Gasteiger charge is -2.34. The first kappa shape index (κ1) is 12.8. The summed E-state index contributed by atoms with van der Waals surface area (Å²) in [4.78, 5) is 17.3. The molecule has 0 amide bonds. The van der Waals surface area contributed by atoms with Gasteiger partial charge in [0.25, 0.3) is 5.69 Å². The zero-order valence-corrected chi connectivity index (χ0v) is 11.2. The first-order valence-electron chi connectivity index (χ1n) is 6.67. The van der Waals surface area contributed by atoms with Crippen molar-refractivity contribution in [2.75, 3.05) is 24.5 Å². The van der Waals surface area contributed by atoms with Crippen molar-refractivity contribution in [3.05, 3.63) is 40.6 Å². The van der Waals surface area contributed by atoms with E-state index in [1.54, 1.807) is 24.4 Å². The second-order valence-corrected chi connectivity index (χ2v) is 5.06. The molecule has 0 unspecified atom stereocenters. The lowest BCUT2D eigenvalue weighted by Crippen LogP contribution is -2.49. The number of aromatic nitrogens is 1. The molecule has 2 aromatic rings. The second kappa shape index (κ2) is 5.05. The van der Waals surface area contributed by atoms with Crippen LogP contribution in [0.5, 0.6) is 0 Å². The van der Waals surface area contributed by atoms with Crippen molar-refractivity contribution in [1.29, 1.82) is 0 Å². The van der Waals surface area contributed by atoms with Crippen molar-refractivity contribution in [2.45, 2.75) is 13.0 Å². The number of nitro benzene ring substituents is 1. The zero-order valence-electron chi connectivity index (χ0n) is 11.2. The number of hydrogen-bond donors (Lipinski definition) is 1. The summed E-state index contributed by atoms with van der Waals surface area (Å²) in [5.74, 6) is 0. The summed E-state index contributed by atoms with van der Waals surface area (Å²) in [6.07, 6.45) is 1.68. The highest BCUT2D eigenvalue weighted by Gasteiger charge is 2.21. The van der Waals surface area contributed by atoms with Gasteiger partial charge in [0.2, 0.25) is 0 Å². The molecule has 1 N–H and O–H groups in total. The summed E-state index contributed by atoms with van der Waals surface area (Å²) in [5, 5.41) is 15.1. The molecule has 0 radical (unpaired) electrons. The average Bonchev–Trinajstić information content (AvgIpc) is 2.46. The number of anilines is 1. The summed E-state index contributed by atoms with van der Waals surface area (Å²) >= 11 is 0. The predicted molar refractivity (Wildman–Crippen MR) is 78.1 cm³/mol. The number of fused-ring (bicyclic) bond motifs is 1. The lowest BCUT2D eigenvalue weighted by molar-refractivity contribution is -0.383. The van der Waals surface area contributed by atoms with E-state index in [2.05, 4.69) is 22.1 Å². The minimum atomic E-state index is -0.353. The molecule has 1 aliphatic heterocycles. The summed E-state index contributed by atoms with van der Waals surface area (Å²) in [6, 6.07) is 7.28. The molecule has 1 fully saturated rings. The van der Waals surface area contributed by atoms with Gasteiger partial charge in [0.15, 0.2) is 0 Å². The molecule has 0 spiro atoms. The first-order chi connectivity index (χ1) is 9.66. The minimum Gasteiger partial charge on any atom is -0.367 e. The van der Waals surface area contributed by atoms with Gasteiger partial charge in [-0.1, -0.05) is 0 Å². The fourth-order valence-electron chi connectivity index (χ4n) is 2.71. The van der Waals surface area contributed by atoms with Crippen LogP contribution in [0.25, 0.3) is 10.9 Å². The molecule has 0 aliphatic carbocycles. The standard InChI is InChI=1S/C14H16N4O2/c1-10-9-17(8-7-15-10)13-5-4-12(18(19)20)11-3-2-6-16-14(11)13/h2-6,10,15H,7-9H2,1H3/t10-/m1/s1. The van der Waals surface area contributed by atoms with Crippen molar-refractivity contribution in [2.24, 2.45) is 0 Å². The van der Waals surface area contributed by atoms with Crippen LogP contribution in [0.3, 0.4) is 0 Å². The fraction of sp³-hybridized carbons (Fsp3) is 0.357. The molecule has 1 atom stereocenters. The highest BCUT2D eigenvalue weighted by molar-refractivity contribution is 5.97. The van der Waals surface area contributed by atoms with Crippen molar-refractivity contribution < 1.29 is 4.92 Å². The van der Waals surface area contributed by atoms with Crippen LogP contribution in [0.2, 0.25) is 0 Å². The van der Waals surface area contributed by atoms with Crippen LogP contribution in [-0.2, 0) is 0 Å². The first-order valence-corrected chi connectivity index (χ1v) is 6.67. The van der Waals surface area contributed by atoms with E-state index < -0.39 is 0 Å². The monoisotopic (exact) mass is 272 g/mol. The molecule has 1 aromatic heterocycles. The Morgan fingerprint density at radius 1 is 1.45 bits per heavy atom. The number of piperazine rings is 1. The van der Waals surface area contributed by atoms with Crippen LogP contribution in [0.15, 0.2) is 30.5 Å². The van der Waals surface area contributed by atoms with Gasteiger partial charge in [-0.15, -0.1) is 0 Å². The van der Waals surface area contributed by atoms with E-state index in [-0.39, 0.29) is 10.6 Å². The van der Waals surface area contributed by atoms with E-state index >= 15 is 0 Å². The topological polar surface area (TPSA) is 71.3 Å². The lowest BCUT2D eigenvalue weighted by atomic mass is 10.1. The smallest absolute Gasteiger partial charge is 0.278 e. The molecule has 1 aromatic carbocycles. The van der Waals surface area contributed by atoms with Crippen molar-refractivity contribution >= 4 is 22.3 Å². The highest BCUT2D eigenvalue weighted by atomic mass is 16.6. The molecular weight excluding hydrogens is 256 g/mol. The summed E-state index contributed by atoms with van der Waals surface area (Å²) in [5.41, 5.74) is 1.79. The molecule has 1 aliphatic rings. The predicted octanol–water partition coefficient (Wildman–Crippen LogP) is 1.94. The van der Waals surface area contributed by atoms with Crippen molar-refractivity contribution in [1.82, 2.24) is 10.3 Å². The Morgan fingerprint density at radius 3 is 3.05 bits per heavy atom. The maximum atomic E-state index is 11.1. The van der Waals surface area contributed by atoms with Gasteiger partial charge in [0.1, 0.15) is 5.52 Å². The number of nitrogens with one attached hydrogen (secondary N) is 1. The number of benzene rings is 1. The van der Waals surface area contributed by atoms with Crippen LogP contribution >= 0.6 is 0 Å². The highest BCUT2D eigenvalue weighted by Crippen LogP contribution is 2.32. The molecule has 6 nitrogen and oxygen atoms in total. The summed E-state index contributed by atoms with van der Waals surface area (Å²) < 4.78 is 0. The van der Waals surface area contributed by atoms with E-state index in [1.807, 2.05) is 6.07 Å². The molecule has 0 bridgehead atoms. The Hall–Kier alpha value is -2.21. The normalized spacial score (nSPS) is 19.2. The van der Waals surface area contributed by atoms with Gasteiger partial charge >= 0.3 is 0 Å². The molecule has 2 heterocycles. The molecule has 6 heteroatoms. The van der Waals surface area contributed by atoms with Gasteiger partial charge in [-0.25, -0.2) is 0 Å². The number of non-ortho nitro benzene ring substituents is 1. The number of rotatable bonds is 2. The van der Waals surface area contributed by atoms with E-state index in [1.165, 1.54) is 0 Å². The van der Waals surface area contributed by atoms with Crippen LogP contribution in [0.1, 0.15) is 6.92 Å². The Labute approximate surface area is 116 Å². The van der Waals surface area contributed by atoms with Crippen LogP contribution < -0.4 is 10.2 Å². The summed E-state index contributed by atoms with van der Waals surface area (Å²) in [7, 11) is 0. The van der Waals surface area contributed by atoms with E-state index in [0.29, 0.717) is 16.9 Å². The van der Waals surface area contributed by atoms with Gasteiger partial charge in [0.05, 0.1) is 16.0 Å². The molecule has 0 saturated carbocycles. The Balaban J connectivity index is 2.12. The van der Waals surface area contributed by atoms with Crippen LogP contribution in [0, 0.1) is 10.1 Å². The Bertz CT molecular complexity index is 659. The molecule has 20 heavy (non-hydrogen) atoms. The number of hydrogen-bond acceptors (Lipinski definition) is 5. The average molecular weight is 272 g/mol. The van der Waals surface area contributed by atoms with Crippen molar-refractivity contribution in [3.8, 4) is 0 Å². The van der Waals surface area contributed by atoms with Gasteiger partial charge in [0, 0.05) is 37.9 Å². The van der Waals surface area contributed by atoms with Gasteiger partial charge in [-0.3, -0.25) is 15.1 Å². The van der Waals surface area contributed by atoms with Crippen LogP contribution in [0.4, 0.5) is 11.4 Å². The third-order valence-electron chi connectivity index (χ3n) is 3.63. The molecule has 3 rings (SSSR count). The number of nitrogens with zero attached hydrogens (tertiary/aromatic N) is 3. The van der Waals surface area contributed by atoms with Crippen LogP contribution in [-0.4, -0.2) is 35.6 Å². The minimum absolute atomic E-state index is 0.111.